The van der Waals surface area contributed by atoms with E-state index < -0.39 is 12.2 Å². The quantitative estimate of drug-likeness (QED) is 0.417. The average molecular weight is 481 g/mol. The summed E-state index contributed by atoms with van der Waals surface area (Å²) in [7, 11) is 0. The Morgan fingerprint density at radius 3 is 1.21 bits per heavy atom. The average Bonchev–Trinajstić information content (AvgIpc) is 2.79. The third-order valence-electron chi connectivity index (χ3n) is 6.26. The molecule has 2 aliphatic rings. The summed E-state index contributed by atoms with van der Waals surface area (Å²) in [5.74, 6) is -0.679. The van der Waals surface area contributed by atoms with Crippen molar-refractivity contribution < 1.29 is 29.3 Å². The number of hydrogen-bond acceptors (Lipinski definition) is 6. The van der Waals surface area contributed by atoms with E-state index in [1.54, 1.807) is 12.2 Å². The molecule has 0 fully saturated rings. The molecule has 34 heavy (non-hydrogen) atoms. The predicted octanol–water partition coefficient (Wildman–Crippen LogP) is 5.94. The maximum absolute atomic E-state index is 11.4. The molecule has 0 spiro atoms. The minimum Gasteiger partial charge on any atom is -0.460 e. The smallest absolute Gasteiger partial charge is 0.330 e. The third kappa shape index (κ3) is 17.8. The van der Waals surface area contributed by atoms with E-state index in [4.69, 9.17) is 9.47 Å². The van der Waals surface area contributed by atoms with Crippen LogP contribution in [0, 0.1) is 0 Å². The number of carbonyl (C=O) groups is 2. The molecule has 0 aromatic carbocycles. The zero-order valence-electron chi connectivity index (χ0n) is 21.5. The second kappa shape index (κ2) is 19.6. The molecule has 6 heteroatoms. The summed E-state index contributed by atoms with van der Waals surface area (Å²) in [6.07, 6.45) is 22.1. The third-order valence-corrected chi connectivity index (χ3v) is 6.26. The van der Waals surface area contributed by atoms with E-state index >= 15 is 0 Å². The molecule has 0 radical (unpaired) electrons. The topological polar surface area (TPSA) is 93.1 Å². The molecule has 4 atom stereocenters. The van der Waals surface area contributed by atoms with E-state index in [1.165, 1.54) is 63.5 Å². The summed E-state index contributed by atoms with van der Waals surface area (Å²) in [5, 5.41) is 19.2. The van der Waals surface area contributed by atoms with Gasteiger partial charge in [0.05, 0.1) is 24.4 Å². The maximum Gasteiger partial charge on any atom is 0.330 e. The number of rotatable bonds is 0. The number of hydrogen-bond donors (Lipinski definition) is 2. The van der Waals surface area contributed by atoms with E-state index in [0.717, 1.165) is 51.4 Å². The Kier molecular flexibility index (Phi) is 17.5. The van der Waals surface area contributed by atoms with Crippen molar-refractivity contribution in [1.82, 2.24) is 0 Å². The highest BCUT2D eigenvalue weighted by atomic mass is 16.5. The van der Waals surface area contributed by atoms with Gasteiger partial charge in [-0.05, 0) is 64.5 Å². The zero-order chi connectivity index (χ0) is 25.0. The Balaban J connectivity index is 0.000000340. The largest absolute Gasteiger partial charge is 0.460 e. The second-order valence-electron chi connectivity index (χ2n) is 9.75. The number of cyclic esters (lactones) is 2. The molecule has 2 aliphatic heterocycles. The normalized spacial score (nSPS) is 31.3. The summed E-state index contributed by atoms with van der Waals surface area (Å²) < 4.78 is 10.4. The van der Waals surface area contributed by atoms with Crippen LogP contribution in [0.1, 0.15) is 117 Å². The SMILES string of the molecule is C[C@@H]1CCCCCCCC[C@H](O)/C=C/C(=O)O1.C[C@@H]1CCCCCCCC[C@H](O)/C=C/C(=O)O1. The van der Waals surface area contributed by atoms with E-state index in [2.05, 4.69) is 0 Å². The van der Waals surface area contributed by atoms with Crippen molar-refractivity contribution in [2.75, 3.05) is 0 Å². The van der Waals surface area contributed by atoms with Crippen LogP contribution in [0.4, 0.5) is 0 Å². The van der Waals surface area contributed by atoms with Gasteiger partial charge in [-0.1, -0.05) is 64.2 Å². The molecular weight excluding hydrogens is 432 g/mol. The minimum atomic E-state index is -0.513. The zero-order valence-corrected chi connectivity index (χ0v) is 21.5. The number of esters is 2. The van der Waals surface area contributed by atoms with Crippen LogP contribution < -0.4 is 0 Å². The van der Waals surface area contributed by atoms with Crippen molar-refractivity contribution in [2.45, 2.75) is 141 Å². The van der Waals surface area contributed by atoms with Gasteiger partial charge >= 0.3 is 11.9 Å². The molecule has 6 nitrogen and oxygen atoms in total. The Bertz CT molecular complexity index is 548. The van der Waals surface area contributed by atoms with Crippen molar-refractivity contribution in [3.63, 3.8) is 0 Å². The Morgan fingerprint density at radius 2 is 0.853 bits per heavy atom. The summed E-state index contributed by atoms with van der Waals surface area (Å²) in [5.41, 5.74) is 0. The van der Waals surface area contributed by atoms with E-state index in [-0.39, 0.29) is 24.1 Å². The van der Waals surface area contributed by atoms with Crippen molar-refractivity contribution in [3.8, 4) is 0 Å². The maximum atomic E-state index is 11.4. The Morgan fingerprint density at radius 1 is 0.559 bits per heavy atom. The highest BCUT2D eigenvalue weighted by Crippen LogP contribution is 2.14. The van der Waals surface area contributed by atoms with Crippen molar-refractivity contribution >= 4 is 11.9 Å². The van der Waals surface area contributed by atoms with Crippen LogP contribution in [0.2, 0.25) is 0 Å². The van der Waals surface area contributed by atoms with Gasteiger partial charge in [-0.25, -0.2) is 9.59 Å². The van der Waals surface area contributed by atoms with Gasteiger partial charge in [-0.15, -0.1) is 0 Å². The molecule has 196 valence electrons. The van der Waals surface area contributed by atoms with Gasteiger partial charge < -0.3 is 19.7 Å². The molecule has 2 heterocycles. The fourth-order valence-electron chi connectivity index (χ4n) is 4.15. The van der Waals surface area contributed by atoms with E-state index in [0.29, 0.717) is 0 Å². The molecule has 0 unspecified atom stereocenters. The lowest BCUT2D eigenvalue weighted by Gasteiger charge is -2.12. The first-order valence-corrected chi connectivity index (χ1v) is 13.5. The lowest BCUT2D eigenvalue weighted by molar-refractivity contribution is -0.143. The van der Waals surface area contributed by atoms with Gasteiger partial charge in [0.2, 0.25) is 0 Å². The number of ether oxygens (including phenoxy) is 2. The molecule has 0 aliphatic carbocycles. The van der Waals surface area contributed by atoms with Crippen molar-refractivity contribution in [3.05, 3.63) is 24.3 Å². The fourth-order valence-corrected chi connectivity index (χ4v) is 4.15. The first-order valence-electron chi connectivity index (χ1n) is 13.5. The number of aliphatic hydroxyl groups excluding tert-OH is 2. The minimum absolute atomic E-state index is 0.0211. The van der Waals surface area contributed by atoms with E-state index in [1.807, 2.05) is 13.8 Å². The van der Waals surface area contributed by atoms with Gasteiger partial charge in [0.15, 0.2) is 0 Å². The van der Waals surface area contributed by atoms with Crippen LogP contribution in [0.15, 0.2) is 24.3 Å². The fraction of sp³-hybridized carbons (Fsp3) is 0.786. The second-order valence-corrected chi connectivity index (χ2v) is 9.75. The van der Waals surface area contributed by atoms with Crippen LogP contribution in [0.5, 0.6) is 0 Å². The van der Waals surface area contributed by atoms with Gasteiger partial charge in [-0.2, -0.15) is 0 Å². The predicted molar refractivity (Wildman–Crippen MR) is 135 cm³/mol. The monoisotopic (exact) mass is 480 g/mol. The highest BCUT2D eigenvalue weighted by molar-refractivity contribution is 5.82. The first kappa shape index (κ1) is 30.4. The Hall–Kier alpha value is -1.66. The van der Waals surface area contributed by atoms with Crippen LogP contribution >= 0.6 is 0 Å². The van der Waals surface area contributed by atoms with Crippen LogP contribution in [0.3, 0.4) is 0 Å². The van der Waals surface area contributed by atoms with E-state index in [9.17, 15) is 19.8 Å². The molecule has 0 aromatic heterocycles. The lowest BCUT2D eigenvalue weighted by Crippen LogP contribution is -2.14. The molecule has 2 N–H and O–H groups in total. The van der Waals surface area contributed by atoms with Crippen LogP contribution in [-0.2, 0) is 19.1 Å². The Labute approximate surface area is 206 Å². The summed E-state index contributed by atoms with van der Waals surface area (Å²) in [6, 6.07) is 0. The molecule has 0 bridgehead atoms. The highest BCUT2D eigenvalue weighted by Gasteiger charge is 2.09. The number of carbonyl (C=O) groups excluding carboxylic acids is 2. The molecule has 0 aromatic rings. The van der Waals surface area contributed by atoms with Gasteiger partial charge in [0.25, 0.3) is 0 Å². The van der Waals surface area contributed by atoms with Crippen LogP contribution in [0.25, 0.3) is 0 Å². The standard InChI is InChI=1S/2C14H24O3/c2*1-12-8-6-4-2-3-5-7-9-13(15)10-11-14(16)17-12/h2*10-13,15H,2-9H2,1H3/b2*11-10+/t2*12-,13+/m11/s1. The summed E-state index contributed by atoms with van der Waals surface area (Å²) in [4.78, 5) is 22.8. The number of aliphatic hydroxyl groups is 2. The molecular formula is C28H48O6. The lowest BCUT2D eigenvalue weighted by atomic mass is 10.0. The van der Waals surface area contributed by atoms with Gasteiger partial charge in [-0.3, -0.25) is 0 Å². The first-order chi connectivity index (χ1) is 16.4. The molecule has 0 saturated carbocycles. The van der Waals surface area contributed by atoms with Crippen molar-refractivity contribution in [2.24, 2.45) is 0 Å². The summed E-state index contributed by atoms with van der Waals surface area (Å²) >= 11 is 0. The van der Waals surface area contributed by atoms with Gasteiger partial charge in [0, 0.05) is 12.2 Å². The molecule has 2 rings (SSSR count). The molecule has 0 amide bonds. The summed E-state index contributed by atoms with van der Waals surface area (Å²) in [6.45, 7) is 3.85. The van der Waals surface area contributed by atoms with Crippen molar-refractivity contribution in [1.29, 1.82) is 0 Å². The van der Waals surface area contributed by atoms with Gasteiger partial charge in [0.1, 0.15) is 0 Å². The molecule has 0 saturated heterocycles. The van der Waals surface area contributed by atoms with Crippen LogP contribution in [-0.4, -0.2) is 46.6 Å².